The molecule has 1 heterocycles. The van der Waals surface area contributed by atoms with Gasteiger partial charge in [0.1, 0.15) is 12.4 Å². The zero-order valence-corrected chi connectivity index (χ0v) is 12.9. The number of pyridine rings is 1. The molecule has 1 N–H and O–H groups in total. The molecule has 0 bridgehead atoms. The van der Waals surface area contributed by atoms with Crippen LogP contribution in [0.2, 0.25) is 0 Å². The van der Waals surface area contributed by atoms with Gasteiger partial charge in [-0.2, -0.15) is 0 Å². The summed E-state index contributed by atoms with van der Waals surface area (Å²) >= 11 is 0. The first-order valence-corrected chi connectivity index (χ1v) is 6.85. The summed E-state index contributed by atoms with van der Waals surface area (Å²) < 4.78 is 15.7. The Kier molecular flexibility index (Phi) is 5.30. The standard InChI is InChI=1S/C16H19NO5/c1-10-14(8-21-11(2)19)17-15-12(7-18)5-4-6-13(15)16(10)22-9-20-3/h4-6,18H,7-9H2,1-3H3. The third-order valence-electron chi connectivity index (χ3n) is 3.29. The molecule has 0 aliphatic carbocycles. The van der Waals surface area contributed by atoms with E-state index in [1.165, 1.54) is 14.0 Å². The van der Waals surface area contributed by atoms with Crippen molar-refractivity contribution < 1.29 is 24.1 Å². The van der Waals surface area contributed by atoms with Crippen molar-refractivity contribution in [2.75, 3.05) is 13.9 Å². The summed E-state index contributed by atoms with van der Waals surface area (Å²) in [4.78, 5) is 15.6. The molecule has 0 fully saturated rings. The number of fused-ring (bicyclic) bond motifs is 1. The van der Waals surface area contributed by atoms with Crippen LogP contribution in [0, 0.1) is 6.92 Å². The first-order chi connectivity index (χ1) is 10.6. The molecule has 2 aromatic rings. The van der Waals surface area contributed by atoms with Gasteiger partial charge < -0.3 is 19.3 Å². The zero-order chi connectivity index (χ0) is 16.1. The summed E-state index contributed by atoms with van der Waals surface area (Å²) in [6, 6.07) is 5.50. The molecule has 0 radical (unpaired) electrons. The lowest BCUT2D eigenvalue weighted by atomic mass is 10.1. The van der Waals surface area contributed by atoms with Gasteiger partial charge in [0.15, 0.2) is 6.79 Å². The molecule has 0 aliphatic rings. The number of hydrogen-bond donors (Lipinski definition) is 1. The van der Waals surface area contributed by atoms with Crippen molar-refractivity contribution in [1.82, 2.24) is 4.98 Å². The number of aromatic nitrogens is 1. The number of ether oxygens (including phenoxy) is 3. The van der Waals surface area contributed by atoms with Gasteiger partial charge in [0.2, 0.25) is 0 Å². The minimum atomic E-state index is -0.379. The van der Waals surface area contributed by atoms with E-state index in [1.807, 2.05) is 19.1 Å². The number of nitrogens with zero attached hydrogens (tertiary/aromatic N) is 1. The van der Waals surface area contributed by atoms with Crippen LogP contribution in [0.25, 0.3) is 10.9 Å². The molecule has 0 atom stereocenters. The van der Waals surface area contributed by atoms with Crippen molar-refractivity contribution in [2.24, 2.45) is 0 Å². The summed E-state index contributed by atoms with van der Waals surface area (Å²) in [5.74, 6) is 0.236. The molecule has 22 heavy (non-hydrogen) atoms. The van der Waals surface area contributed by atoms with E-state index in [0.29, 0.717) is 22.5 Å². The highest BCUT2D eigenvalue weighted by Crippen LogP contribution is 2.32. The first-order valence-electron chi connectivity index (χ1n) is 6.85. The van der Waals surface area contributed by atoms with Crippen LogP contribution in [0.4, 0.5) is 0 Å². The summed E-state index contributed by atoms with van der Waals surface area (Å²) in [5, 5.41) is 10.3. The van der Waals surface area contributed by atoms with Crippen molar-refractivity contribution in [1.29, 1.82) is 0 Å². The quantitative estimate of drug-likeness (QED) is 0.650. The Morgan fingerprint density at radius 1 is 1.36 bits per heavy atom. The second kappa shape index (κ2) is 7.20. The normalized spacial score (nSPS) is 10.7. The van der Waals surface area contributed by atoms with Crippen LogP contribution in [0.1, 0.15) is 23.7 Å². The molecule has 1 aromatic carbocycles. The number of aliphatic hydroxyl groups is 1. The fourth-order valence-electron chi connectivity index (χ4n) is 2.20. The Bertz CT molecular complexity index is 684. The Balaban J connectivity index is 2.59. The third-order valence-corrected chi connectivity index (χ3v) is 3.29. The monoisotopic (exact) mass is 305 g/mol. The Morgan fingerprint density at radius 2 is 2.14 bits per heavy atom. The molecule has 0 spiro atoms. The predicted molar refractivity (Wildman–Crippen MR) is 80.4 cm³/mol. The van der Waals surface area contributed by atoms with Crippen LogP contribution in [-0.4, -0.2) is 30.0 Å². The number of esters is 1. The number of methoxy groups -OCH3 is 1. The van der Waals surface area contributed by atoms with E-state index in [9.17, 15) is 9.90 Å². The highest BCUT2D eigenvalue weighted by atomic mass is 16.7. The van der Waals surface area contributed by atoms with Gasteiger partial charge in [-0.15, -0.1) is 0 Å². The van der Waals surface area contributed by atoms with E-state index < -0.39 is 0 Å². The molecule has 6 heteroatoms. The van der Waals surface area contributed by atoms with Crippen LogP contribution in [0.5, 0.6) is 5.75 Å². The van der Waals surface area contributed by atoms with E-state index >= 15 is 0 Å². The summed E-state index contributed by atoms with van der Waals surface area (Å²) in [7, 11) is 1.54. The SMILES string of the molecule is COCOc1c(C)c(COC(C)=O)nc2c(CO)cccc12. The molecule has 2 rings (SSSR count). The lowest BCUT2D eigenvalue weighted by molar-refractivity contribution is -0.142. The molecule has 0 aliphatic heterocycles. The molecule has 0 saturated carbocycles. The van der Waals surface area contributed by atoms with Gasteiger partial charge in [0.25, 0.3) is 0 Å². The lowest BCUT2D eigenvalue weighted by Gasteiger charge is -2.16. The highest BCUT2D eigenvalue weighted by molar-refractivity contribution is 5.89. The molecule has 6 nitrogen and oxygen atoms in total. The average Bonchev–Trinajstić information content (AvgIpc) is 2.51. The molecular formula is C16H19NO5. The van der Waals surface area contributed by atoms with Crippen molar-refractivity contribution in [3.63, 3.8) is 0 Å². The second-order valence-electron chi connectivity index (χ2n) is 4.82. The minimum Gasteiger partial charge on any atom is -0.467 e. The first kappa shape index (κ1) is 16.2. The Hall–Kier alpha value is -2.18. The molecule has 0 amide bonds. The molecule has 1 aromatic heterocycles. The number of rotatable bonds is 6. The van der Waals surface area contributed by atoms with Gasteiger partial charge >= 0.3 is 5.97 Å². The second-order valence-corrected chi connectivity index (χ2v) is 4.82. The van der Waals surface area contributed by atoms with Crippen molar-refractivity contribution in [3.05, 3.63) is 35.0 Å². The molecule has 0 saturated heterocycles. The maximum atomic E-state index is 11.0. The van der Waals surface area contributed by atoms with Gasteiger partial charge in [-0.3, -0.25) is 4.79 Å². The number of benzene rings is 1. The van der Waals surface area contributed by atoms with Crippen LogP contribution < -0.4 is 4.74 Å². The van der Waals surface area contributed by atoms with Gasteiger partial charge in [-0.1, -0.05) is 12.1 Å². The summed E-state index contributed by atoms with van der Waals surface area (Å²) in [5.41, 5.74) is 2.68. The van der Waals surface area contributed by atoms with Crippen LogP contribution in [0.3, 0.4) is 0 Å². The van der Waals surface area contributed by atoms with Gasteiger partial charge in [-0.05, 0) is 13.0 Å². The Morgan fingerprint density at radius 3 is 2.77 bits per heavy atom. The smallest absolute Gasteiger partial charge is 0.303 e. The lowest BCUT2D eigenvalue weighted by Crippen LogP contribution is -2.08. The van der Waals surface area contributed by atoms with Gasteiger partial charge in [0.05, 0.1) is 17.8 Å². The van der Waals surface area contributed by atoms with E-state index in [1.54, 1.807) is 6.07 Å². The highest BCUT2D eigenvalue weighted by Gasteiger charge is 2.16. The maximum Gasteiger partial charge on any atom is 0.303 e. The number of hydrogen-bond acceptors (Lipinski definition) is 6. The van der Waals surface area contributed by atoms with Gasteiger partial charge in [-0.25, -0.2) is 4.98 Å². The van der Waals surface area contributed by atoms with Crippen molar-refractivity contribution >= 4 is 16.9 Å². The zero-order valence-electron chi connectivity index (χ0n) is 12.9. The average molecular weight is 305 g/mol. The number of aliphatic hydroxyl groups excluding tert-OH is 1. The fraction of sp³-hybridized carbons (Fsp3) is 0.375. The molecule has 118 valence electrons. The maximum absolute atomic E-state index is 11.0. The molecule has 0 unspecified atom stereocenters. The fourth-order valence-corrected chi connectivity index (χ4v) is 2.20. The number of carbonyl (C=O) groups is 1. The predicted octanol–water partition coefficient (Wildman–Crippen LogP) is 2.08. The molecular weight excluding hydrogens is 286 g/mol. The number of carbonyl (C=O) groups excluding carboxylic acids is 1. The summed E-state index contributed by atoms with van der Waals surface area (Å²) in [6.45, 7) is 3.21. The largest absolute Gasteiger partial charge is 0.467 e. The van der Waals surface area contributed by atoms with Crippen LogP contribution in [-0.2, 0) is 27.5 Å². The number of para-hydroxylation sites is 1. The van der Waals surface area contributed by atoms with E-state index in [4.69, 9.17) is 14.2 Å². The van der Waals surface area contributed by atoms with Crippen molar-refractivity contribution in [3.8, 4) is 5.75 Å². The van der Waals surface area contributed by atoms with Crippen molar-refractivity contribution in [2.45, 2.75) is 27.1 Å². The van der Waals surface area contributed by atoms with Crippen LogP contribution in [0.15, 0.2) is 18.2 Å². The van der Waals surface area contributed by atoms with E-state index in [-0.39, 0.29) is 26.0 Å². The van der Waals surface area contributed by atoms with E-state index in [2.05, 4.69) is 4.98 Å². The van der Waals surface area contributed by atoms with E-state index in [0.717, 1.165) is 10.9 Å². The third kappa shape index (κ3) is 3.35. The topological polar surface area (TPSA) is 77.9 Å². The minimum absolute atomic E-state index is 0.0558. The Labute approximate surface area is 128 Å². The van der Waals surface area contributed by atoms with Crippen LogP contribution >= 0.6 is 0 Å². The van der Waals surface area contributed by atoms with Gasteiger partial charge in [0, 0.05) is 30.5 Å². The summed E-state index contributed by atoms with van der Waals surface area (Å²) in [6.07, 6.45) is 0.